The Morgan fingerprint density at radius 3 is 2.71 bits per heavy atom. The lowest BCUT2D eigenvalue weighted by Crippen LogP contribution is -2.49. The van der Waals surface area contributed by atoms with Crippen LogP contribution in [0.2, 0.25) is 0 Å². The van der Waals surface area contributed by atoms with Crippen molar-refractivity contribution in [1.29, 1.82) is 0 Å². The smallest absolute Gasteiger partial charge is 0.327 e. The summed E-state index contributed by atoms with van der Waals surface area (Å²) in [5.41, 5.74) is 0. The van der Waals surface area contributed by atoms with E-state index < -0.39 is 12.0 Å². The normalized spacial score (nSPS) is 21.3. The number of carbonyl (C=O) groups is 2. The summed E-state index contributed by atoms with van der Waals surface area (Å²) in [6, 6.07) is 0.946. The highest BCUT2D eigenvalue weighted by molar-refractivity contribution is 8.00. The van der Waals surface area contributed by atoms with E-state index >= 15 is 0 Å². The van der Waals surface area contributed by atoms with Crippen molar-refractivity contribution in [2.24, 2.45) is 0 Å². The SMILES string of the molecule is CCC1SCC(C(=O)O)N1C(=O)CN(C)c1ncccn1. The summed E-state index contributed by atoms with van der Waals surface area (Å²) in [6.45, 7) is 2.01. The second kappa shape index (κ2) is 6.75. The zero-order valence-corrected chi connectivity index (χ0v) is 12.8. The van der Waals surface area contributed by atoms with Gasteiger partial charge in [0.1, 0.15) is 6.04 Å². The molecule has 0 spiro atoms. The first-order valence-corrected chi connectivity index (χ1v) is 7.73. The van der Waals surface area contributed by atoms with Crippen LogP contribution in [0.5, 0.6) is 0 Å². The summed E-state index contributed by atoms with van der Waals surface area (Å²) < 4.78 is 0. The predicted molar refractivity (Wildman–Crippen MR) is 80.1 cm³/mol. The summed E-state index contributed by atoms with van der Waals surface area (Å²) in [5.74, 6) is -0.289. The number of carboxylic acids is 1. The molecule has 0 aliphatic carbocycles. The van der Waals surface area contributed by atoms with E-state index in [2.05, 4.69) is 9.97 Å². The Bertz CT molecular complexity index is 513. The Morgan fingerprint density at radius 2 is 2.14 bits per heavy atom. The maximum absolute atomic E-state index is 12.5. The number of thioether (sulfide) groups is 1. The first-order valence-electron chi connectivity index (χ1n) is 6.68. The molecule has 2 atom stereocenters. The summed E-state index contributed by atoms with van der Waals surface area (Å²) >= 11 is 1.51. The Kier molecular flexibility index (Phi) is 5.00. The van der Waals surface area contributed by atoms with Crippen LogP contribution in [0.15, 0.2) is 18.5 Å². The molecule has 21 heavy (non-hydrogen) atoms. The number of carbonyl (C=O) groups excluding carboxylic acids is 1. The van der Waals surface area contributed by atoms with Gasteiger partial charge in [-0.05, 0) is 12.5 Å². The number of aromatic nitrogens is 2. The molecule has 0 aromatic carbocycles. The first kappa shape index (κ1) is 15.6. The quantitative estimate of drug-likeness (QED) is 0.855. The van der Waals surface area contributed by atoms with E-state index in [4.69, 9.17) is 0 Å². The lowest BCUT2D eigenvalue weighted by molar-refractivity contribution is -0.148. The Balaban J connectivity index is 2.08. The highest BCUT2D eigenvalue weighted by Gasteiger charge is 2.40. The van der Waals surface area contributed by atoms with Crippen LogP contribution in [-0.4, -0.2) is 62.6 Å². The van der Waals surface area contributed by atoms with E-state index in [1.165, 1.54) is 16.7 Å². The van der Waals surface area contributed by atoms with Crippen LogP contribution >= 0.6 is 11.8 Å². The number of nitrogens with zero attached hydrogens (tertiary/aromatic N) is 4. The highest BCUT2D eigenvalue weighted by atomic mass is 32.2. The van der Waals surface area contributed by atoms with Gasteiger partial charge in [0.25, 0.3) is 0 Å². The maximum atomic E-state index is 12.5. The Hall–Kier alpha value is -1.83. The van der Waals surface area contributed by atoms with Crippen molar-refractivity contribution in [3.63, 3.8) is 0 Å². The van der Waals surface area contributed by atoms with Gasteiger partial charge in [-0.1, -0.05) is 6.92 Å². The highest BCUT2D eigenvalue weighted by Crippen LogP contribution is 2.31. The van der Waals surface area contributed by atoms with E-state index in [1.54, 1.807) is 30.4 Å². The number of hydrogen-bond donors (Lipinski definition) is 1. The molecular formula is C13H18N4O3S. The number of aliphatic carboxylic acids is 1. The van der Waals surface area contributed by atoms with Crippen LogP contribution < -0.4 is 4.90 Å². The topological polar surface area (TPSA) is 86.6 Å². The number of rotatable bonds is 5. The van der Waals surface area contributed by atoms with Crippen molar-refractivity contribution in [2.75, 3.05) is 24.2 Å². The molecule has 0 saturated carbocycles. The summed E-state index contributed by atoms with van der Waals surface area (Å²) in [4.78, 5) is 35.0. The van der Waals surface area contributed by atoms with Gasteiger partial charge in [-0.25, -0.2) is 14.8 Å². The molecule has 114 valence electrons. The van der Waals surface area contributed by atoms with Crippen molar-refractivity contribution in [1.82, 2.24) is 14.9 Å². The lowest BCUT2D eigenvalue weighted by Gasteiger charge is -2.28. The number of anilines is 1. The van der Waals surface area contributed by atoms with Gasteiger partial charge in [-0.15, -0.1) is 11.8 Å². The Labute approximate surface area is 127 Å². The molecule has 8 heteroatoms. The van der Waals surface area contributed by atoms with Gasteiger partial charge < -0.3 is 14.9 Å². The van der Waals surface area contributed by atoms with Crippen LogP contribution in [0.4, 0.5) is 5.95 Å². The molecule has 1 amide bonds. The average molecular weight is 310 g/mol. The molecule has 1 aromatic rings. The summed E-state index contributed by atoms with van der Waals surface area (Å²) in [5, 5.41) is 9.17. The minimum Gasteiger partial charge on any atom is -0.480 e. The molecule has 1 aromatic heterocycles. The fourth-order valence-corrected chi connectivity index (χ4v) is 3.61. The number of hydrogen-bond acceptors (Lipinski definition) is 6. The zero-order valence-electron chi connectivity index (χ0n) is 12.0. The fourth-order valence-electron chi connectivity index (χ4n) is 2.25. The van der Waals surface area contributed by atoms with Crippen molar-refractivity contribution >= 4 is 29.6 Å². The van der Waals surface area contributed by atoms with Gasteiger partial charge in [0.2, 0.25) is 11.9 Å². The van der Waals surface area contributed by atoms with Crippen LogP contribution in [-0.2, 0) is 9.59 Å². The van der Waals surface area contributed by atoms with E-state index in [9.17, 15) is 14.7 Å². The monoisotopic (exact) mass is 310 g/mol. The number of carboxylic acid groups (broad SMARTS) is 1. The van der Waals surface area contributed by atoms with Crippen molar-refractivity contribution < 1.29 is 14.7 Å². The Morgan fingerprint density at radius 1 is 1.48 bits per heavy atom. The van der Waals surface area contributed by atoms with Gasteiger partial charge in [-0.3, -0.25) is 4.79 Å². The fraction of sp³-hybridized carbons (Fsp3) is 0.538. The molecule has 0 bridgehead atoms. The first-order chi connectivity index (χ1) is 10.0. The second-order valence-electron chi connectivity index (χ2n) is 4.76. The molecular weight excluding hydrogens is 292 g/mol. The van der Waals surface area contributed by atoms with E-state index in [-0.39, 0.29) is 17.8 Å². The molecule has 1 aliphatic rings. The third kappa shape index (κ3) is 3.44. The third-order valence-electron chi connectivity index (χ3n) is 3.28. The van der Waals surface area contributed by atoms with Gasteiger partial charge in [0.15, 0.2) is 0 Å². The maximum Gasteiger partial charge on any atom is 0.327 e. The molecule has 2 unspecified atom stereocenters. The average Bonchev–Trinajstić information content (AvgIpc) is 2.92. The minimum absolute atomic E-state index is 0.0604. The van der Waals surface area contributed by atoms with Crippen molar-refractivity contribution in [2.45, 2.75) is 24.8 Å². The standard InChI is InChI=1S/C13H18N4O3S/c1-3-11-17(9(8-21-11)12(19)20)10(18)7-16(2)13-14-5-4-6-15-13/h4-6,9,11H,3,7-8H2,1-2H3,(H,19,20). The second-order valence-corrected chi connectivity index (χ2v) is 5.97. The number of amides is 1. The van der Waals surface area contributed by atoms with Crippen LogP contribution in [0, 0.1) is 0 Å². The van der Waals surface area contributed by atoms with Crippen molar-refractivity contribution in [3.05, 3.63) is 18.5 Å². The van der Waals surface area contributed by atoms with Gasteiger partial charge in [-0.2, -0.15) is 0 Å². The van der Waals surface area contributed by atoms with Gasteiger partial charge in [0, 0.05) is 25.2 Å². The van der Waals surface area contributed by atoms with E-state index in [0.717, 1.165) is 6.42 Å². The molecule has 2 heterocycles. The van der Waals surface area contributed by atoms with Crippen LogP contribution in [0.1, 0.15) is 13.3 Å². The van der Waals surface area contributed by atoms with Gasteiger partial charge in [0.05, 0.1) is 11.9 Å². The largest absolute Gasteiger partial charge is 0.480 e. The summed E-state index contributed by atoms with van der Waals surface area (Å²) in [6.07, 6.45) is 3.93. The molecule has 7 nitrogen and oxygen atoms in total. The van der Waals surface area contributed by atoms with Crippen molar-refractivity contribution in [3.8, 4) is 0 Å². The predicted octanol–water partition coefficient (Wildman–Crippen LogP) is 0.677. The third-order valence-corrected chi connectivity index (χ3v) is 4.73. The molecule has 1 aliphatic heterocycles. The molecule has 1 fully saturated rings. The van der Waals surface area contributed by atoms with Gasteiger partial charge >= 0.3 is 5.97 Å². The van der Waals surface area contributed by atoms with E-state index in [0.29, 0.717) is 11.7 Å². The number of likely N-dealkylation sites (N-methyl/N-ethyl adjacent to an activating group) is 1. The summed E-state index contributed by atoms with van der Waals surface area (Å²) in [7, 11) is 1.72. The molecule has 2 rings (SSSR count). The zero-order chi connectivity index (χ0) is 15.4. The van der Waals surface area contributed by atoms with Crippen LogP contribution in [0.3, 0.4) is 0 Å². The molecule has 1 N–H and O–H groups in total. The molecule has 1 saturated heterocycles. The lowest BCUT2D eigenvalue weighted by atomic mass is 10.2. The van der Waals surface area contributed by atoms with E-state index in [1.807, 2.05) is 6.92 Å². The molecule has 0 radical (unpaired) electrons. The van der Waals surface area contributed by atoms with Crippen LogP contribution in [0.25, 0.3) is 0 Å². The minimum atomic E-state index is -0.953.